The van der Waals surface area contributed by atoms with Crippen LogP contribution in [0.3, 0.4) is 0 Å². The van der Waals surface area contributed by atoms with Gasteiger partial charge in [-0.3, -0.25) is 4.79 Å². The predicted octanol–water partition coefficient (Wildman–Crippen LogP) is 3.37. The van der Waals surface area contributed by atoms with Crippen molar-refractivity contribution in [3.8, 4) is 0 Å². The first-order valence-electron chi connectivity index (χ1n) is 5.75. The van der Waals surface area contributed by atoms with Crippen molar-refractivity contribution in [1.29, 1.82) is 0 Å². The summed E-state index contributed by atoms with van der Waals surface area (Å²) in [5, 5.41) is 2.17. The largest absolute Gasteiger partial charge is 0.320 e. The Morgan fingerprint density at radius 1 is 1.15 bits per heavy atom. The SMILES string of the molecule is NC(C(=O)Nc1c(F)cc(Br)cc1F)c1ccccc1. The van der Waals surface area contributed by atoms with E-state index in [4.69, 9.17) is 5.73 Å². The molecule has 1 atom stereocenters. The molecule has 104 valence electrons. The van der Waals surface area contributed by atoms with Gasteiger partial charge in [0.05, 0.1) is 0 Å². The van der Waals surface area contributed by atoms with E-state index in [1.165, 1.54) is 0 Å². The minimum Gasteiger partial charge on any atom is -0.320 e. The Labute approximate surface area is 122 Å². The molecular weight excluding hydrogens is 330 g/mol. The third-order valence-corrected chi connectivity index (χ3v) is 3.15. The van der Waals surface area contributed by atoms with Crippen molar-refractivity contribution in [2.75, 3.05) is 5.32 Å². The van der Waals surface area contributed by atoms with E-state index in [0.717, 1.165) is 12.1 Å². The van der Waals surface area contributed by atoms with Gasteiger partial charge in [0.25, 0.3) is 0 Å². The first-order chi connectivity index (χ1) is 9.49. The number of amides is 1. The molecule has 0 aliphatic heterocycles. The second-order valence-corrected chi connectivity index (χ2v) is 5.04. The van der Waals surface area contributed by atoms with E-state index < -0.39 is 29.3 Å². The number of halogens is 3. The number of hydrogen-bond donors (Lipinski definition) is 2. The number of hydrogen-bond acceptors (Lipinski definition) is 2. The third kappa shape index (κ3) is 3.20. The van der Waals surface area contributed by atoms with Crippen LogP contribution in [-0.2, 0) is 4.79 Å². The van der Waals surface area contributed by atoms with Crippen LogP contribution in [0, 0.1) is 11.6 Å². The van der Waals surface area contributed by atoms with Gasteiger partial charge in [-0.2, -0.15) is 0 Å². The van der Waals surface area contributed by atoms with Gasteiger partial charge in [-0.1, -0.05) is 46.3 Å². The van der Waals surface area contributed by atoms with Gasteiger partial charge in [-0.25, -0.2) is 8.78 Å². The fourth-order valence-electron chi connectivity index (χ4n) is 1.67. The Hall–Kier alpha value is -1.79. The van der Waals surface area contributed by atoms with Crippen molar-refractivity contribution in [3.05, 3.63) is 64.1 Å². The lowest BCUT2D eigenvalue weighted by Gasteiger charge is -2.13. The van der Waals surface area contributed by atoms with E-state index in [-0.39, 0.29) is 4.47 Å². The van der Waals surface area contributed by atoms with Crippen LogP contribution in [-0.4, -0.2) is 5.91 Å². The monoisotopic (exact) mass is 340 g/mol. The summed E-state index contributed by atoms with van der Waals surface area (Å²) in [7, 11) is 0. The number of nitrogens with two attached hydrogens (primary N) is 1. The van der Waals surface area contributed by atoms with Crippen molar-refractivity contribution in [1.82, 2.24) is 0 Å². The smallest absolute Gasteiger partial charge is 0.246 e. The van der Waals surface area contributed by atoms with Crippen LogP contribution in [0.4, 0.5) is 14.5 Å². The molecule has 0 aliphatic carbocycles. The molecule has 3 nitrogen and oxygen atoms in total. The van der Waals surface area contributed by atoms with Crippen molar-refractivity contribution in [2.24, 2.45) is 5.73 Å². The molecule has 0 aromatic heterocycles. The summed E-state index contributed by atoms with van der Waals surface area (Å²) in [6, 6.07) is 9.68. The first kappa shape index (κ1) is 14.6. The number of rotatable bonds is 3. The Morgan fingerprint density at radius 3 is 2.25 bits per heavy atom. The molecule has 2 aromatic carbocycles. The van der Waals surface area contributed by atoms with Gasteiger partial charge in [0.1, 0.15) is 11.7 Å². The lowest BCUT2D eigenvalue weighted by atomic mass is 10.1. The van der Waals surface area contributed by atoms with Crippen molar-refractivity contribution in [2.45, 2.75) is 6.04 Å². The summed E-state index contributed by atoms with van der Waals surface area (Å²) in [5.74, 6) is -2.42. The second-order valence-electron chi connectivity index (χ2n) is 4.12. The molecule has 0 saturated carbocycles. The molecule has 3 N–H and O–H groups in total. The molecule has 0 fully saturated rings. The number of carbonyl (C=O) groups excluding carboxylic acids is 1. The Bertz CT molecular complexity index is 611. The number of carbonyl (C=O) groups is 1. The molecule has 2 rings (SSSR count). The van der Waals surface area contributed by atoms with E-state index >= 15 is 0 Å². The molecule has 0 saturated heterocycles. The van der Waals surface area contributed by atoms with Gasteiger partial charge in [-0.15, -0.1) is 0 Å². The van der Waals surface area contributed by atoms with Gasteiger partial charge < -0.3 is 11.1 Å². The normalized spacial score (nSPS) is 12.0. The topological polar surface area (TPSA) is 55.1 Å². The van der Waals surface area contributed by atoms with Crippen LogP contribution in [0.2, 0.25) is 0 Å². The Balaban J connectivity index is 2.20. The molecule has 0 radical (unpaired) electrons. The van der Waals surface area contributed by atoms with Crippen molar-refractivity contribution in [3.63, 3.8) is 0 Å². The van der Waals surface area contributed by atoms with Crippen molar-refractivity contribution < 1.29 is 13.6 Å². The molecule has 0 aliphatic rings. The molecule has 20 heavy (non-hydrogen) atoms. The van der Waals surface area contributed by atoms with E-state index in [0.29, 0.717) is 5.56 Å². The lowest BCUT2D eigenvalue weighted by Crippen LogP contribution is -2.28. The zero-order valence-electron chi connectivity index (χ0n) is 10.2. The summed E-state index contributed by atoms with van der Waals surface area (Å²) in [5.41, 5.74) is 5.80. The van der Waals surface area contributed by atoms with Gasteiger partial charge in [-0.05, 0) is 17.7 Å². The first-order valence-corrected chi connectivity index (χ1v) is 6.54. The van der Waals surface area contributed by atoms with Crippen LogP contribution in [0.5, 0.6) is 0 Å². The number of anilines is 1. The summed E-state index contributed by atoms with van der Waals surface area (Å²) >= 11 is 2.96. The number of nitrogens with one attached hydrogen (secondary N) is 1. The maximum Gasteiger partial charge on any atom is 0.246 e. The van der Waals surface area contributed by atoms with Crippen LogP contribution in [0.15, 0.2) is 46.9 Å². The molecule has 1 unspecified atom stereocenters. The van der Waals surface area contributed by atoms with E-state index in [1.54, 1.807) is 30.3 Å². The summed E-state index contributed by atoms with van der Waals surface area (Å²) < 4.78 is 27.5. The highest BCUT2D eigenvalue weighted by atomic mass is 79.9. The van der Waals surface area contributed by atoms with Crippen LogP contribution >= 0.6 is 15.9 Å². The highest BCUT2D eigenvalue weighted by molar-refractivity contribution is 9.10. The van der Waals surface area contributed by atoms with E-state index in [1.807, 2.05) is 0 Å². The second kappa shape index (κ2) is 6.11. The average molecular weight is 341 g/mol. The summed E-state index contributed by atoms with van der Waals surface area (Å²) in [4.78, 5) is 11.9. The quantitative estimate of drug-likeness (QED) is 0.899. The molecule has 0 spiro atoms. The average Bonchev–Trinajstić information content (AvgIpc) is 2.42. The lowest BCUT2D eigenvalue weighted by molar-refractivity contribution is -0.117. The fourth-order valence-corrected chi connectivity index (χ4v) is 2.08. The highest BCUT2D eigenvalue weighted by Gasteiger charge is 2.19. The number of benzene rings is 2. The molecule has 0 bridgehead atoms. The van der Waals surface area contributed by atoms with Gasteiger partial charge >= 0.3 is 0 Å². The molecule has 2 aromatic rings. The molecular formula is C14H11BrF2N2O. The van der Waals surface area contributed by atoms with Crippen LogP contribution < -0.4 is 11.1 Å². The van der Waals surface area contributed by atoms with Gasteiger partial charge in [0.2, 0.25) is 5.91 Å². The molecule has 0 heterocycles. The van der Waals surface area contributed by atoms with Gasteiger partial charge in [0.15, 0.2) is 11.6 Å². The molecule has 6 heteroatoms. The fraction of sp³-hybridized carbons (Fsp3) is 0.0714. The minimum absolute atomic E-state index is 0.248. The van der Waals surface area contributed by atoms with Crippen molar-refractivity contribution >= 4 is 27.5 Å². The highest BCUT2D eigenvalue weighted by Crippen LogP contribution is 2.24. The Kier molecular flexibility index (Phi) is 4.46. The third-order valence-electron chi connectivity index (χ3n) is 2.70. The Morgan fingerprint density at radius 2 is 1.70 bits per heavy atom. The zero-order chi connectivity index (χ0) is 14.7. The predicted molar refractivity (Wildman–Crippen MR) is 76.1 cm³/mol. The van der Waals surface area contributed by atoms with Crippen LogP contribution in [0.25, 0.3) is 0 Å². The standard InChI is InChI=1S/C14H11BrF2N2O/c15-9-6-10(16)13(11(17)7-9)19-14(20)12(18)8-4-2-1-3-5-8/h1-7,12H,18H2,(H,19,20). The van der Waals surface area contributed by atoms with Crippen LogP contribution in [0.1, 0.15) is 11.6 Å². The summed E-state index contributed by atoms with van der Waals surface area (Å²) in [6.45, 7) is 0. The van der Waals surface area contributed by atoms with E-state index in [9.17, 15) is 13.6 Å². The maximum atomic E-state index is 13.6. The summed E-state index contributed by atoms with van der Waals surface area (Å²) in [6.07, 6.45) is 0. The van der Waals surface area contributed by atoms with Gasteiger partial charge in [0, 0.05) is 4.47 Å². The molecule has 1 amide bonds. The van der Waals surface area contributed by atoms with E-state index in [2.05, 4.69) is 21.2 Å². The maximum absolute atomic E-state index is 13.6. The minimum atomic E-state index is -1.00. The zero-order valence-corrected chi connectivity index (χ0v) is 11.8.